The van der Waals surface area contributed by atoms with Crippen molar-refractivity contribution in [2.75, 3.05) is 13.1 Å². The maximum absolute atomic E-state index is 14.1. The Kier molecular flexibility index (Phi) is 7.43. The van der Waals surface area contributed by atoms with Crippen LogP contribution in [0, 0.1) is 11.8 Å². The number of likely N-dealkylation sites (tertiary alicyclic amines) is 1. The summed E-state index contributed by atoms with van der Waals surface area (Å²) in [4.78, 5) is 13.2. The molecule has 4 rings (SSSR count). The average Bonchev–Trinajstić information content (AvgIpc) is 2.79. The van der Waals surface area contributed by atoms with Crippen LogP contribution < -0.4 is 4.74 Å². The van der Waals surface area contributed by atoms with Gasteiger partial charge < -0.3 is 14.9 Å². The van der Waals surface area contributed by atoms with Gasteiger partial charge in [0, 0.05) is 19.6 Å². The summed E-state index contributed by atoms with van der Waals surface area (Å²) < 4.78 is 86.5. The Balaban J connectivity index is 1.54. The number of alkyl halides is 6. The van der Waals surface area contributed by atoms with Gasteiger partial charge in [0.1, 0.15) is 11.3 Å². The predicted octanol–water partition coefficient (Wildman–Crippen LogP) is 5.63. The summed E-state index contributed by atoms with van der Waals surface area (Å²) >= 11 is 0. The number of piperidine rings is 1. The van der Waals surface area contributed by atoms with E-state index in [2.05, 4.69) is 0 Å². The summed E-state index contributed by atoms with van der Waals surface area (Å²) in [7, 11) is 0. The van der Waals surface area contributed by atoms with Crippen molar-refractivity contribution < 1.29 is 46.1 Å². The van der Waals surface area contributed by atoms with E-state index in [1.54, 1.807) is 6.07 Å². The van der Waals surface area contributed by atoms with Crippen LogP contribution in [0.2, 0.25) is 0 Å². The van der Waals surface area contributed by atoms with E-state index in [9.17, 15) is 41.4 Å². The number of rotatable bonds is 5. The van der Waals surface area contributed by atoms with Crippen LogP contribution in [0.1, 0.15) is 43.2 Å². The van der Waals surface area contributed by atoms with Crippen molar-refractivity contribution in [2.24, 2.45) is 11.8 Å². The smallest absolute Gasteiger partial charge is 0.420 e. The molecule has 2 aliphatic rings. The highest BCUT2D eigenvalue weighted by molar-refractivity contribution is 5.89. The molecule has 1 saturated carbocycles. The molecule has 0 bridgehead atoms. The summed E-state index contributed by atoms with van der Waals surface area (Å²) in [6, 6.07) is 7.18. The topological polar surface area (TPSA) is 70.0 Å². The number of aliphatic hydroxyl groups excluding tert-OH is 1. The molecule has 2 unspecified atom stereocenters. The van der Waals surface area contributed by atoms with Crippen LogP contribution >= 0.6 is 0 Å². The van der Waals surface area contributed by atoms with Crippen LogP contribution in [0.15, 0.2) is 30.3 Å². The average molecular weight is 519 g/mol. The molecule has 11 heteroatoms. The minimum absolute atomic E-state index is 0.0281. The van der Waals surface area contributed by atoms with E-state index in [0.717, 1.165) is 0 Å². The van der Waals surface area contributed by atoms with Crippen molar-refractivity contribution in [3.63, 3.8) is 0 Å². The molecule has 0 spiro atoms. The number of carbonyl (C=O) groups is 1. The van der Waals surface area contributed by atoms with E-state index >= 15 is 0 Å². The van der Waals surface area contributed by atoms with Crippen LogP contribution in [0.3, 0.4) is 0 Å². The maximum atomic E-state index is 14.1. The molecular formula is C25H27F6NO4. The molecule has 0 amide bonds. The number of aliphatic hydroxyl groups is 1. The number of halogens is 6. The van der Waals surface area contributed by atoms with E-state index in [-0.39, 0.29) is 44.0 Å². The van der Waals surface area contributed by atoms with Crippen molar-refractivity contribution >= 4 is 16.7 Å². The molecule has 1 heterocycles. The number of carboxylic acid groups (broad SMARTS) is 1. The third-order valence-electron chi connectivity index (χ3n) is 7.14. The fraction of sp³-hybridized carbons (Fsp3) is 0.560. The molecule has 2 aromatic rings. The lowest BCUT2D eigenvalue weighted by atomic mass is 9.87. The van der Waals surface area contributed by atoms with E-state index in [0.29, 0.717) is 24.0 Å². The Labute approximate surface area is 203 Å². The van der Waals surface area contributed by atoms with Gasteiger partial charge in [-0.05, 0) is 60.6 Å². The van der Waals surface area contributed by atoms with E-state index in [1.165, 1.54) is 24.3 Å². The first-order chi connectivity index (χ1) is 16.8. The molecule has 198 valence electrons. The Morgan fingerprint density at radius 2 is 1.69 bits per heavy atom. The van der Waals surface area contributed by atoms with E-state index in [1.807, 2.05) is 4.90 Å². The predicted molar refractivity (Wildman–Crippen MR) is 118 cm³/mol. The minimum Gasteiger partial charge on any atom is -0.490 e. The summed E-state index contributed by atoms with van der Waals surface area (Å²) in [6.07, 6.45) is -10.7. The Morgan fingerprint density at radius 3 is 2.31 bits per heavy atom. The summed E-state index contributed by atoms with van der Waals surface area (Å²) in [5.41, 5.74) is -0.271. The Hall–Kier alpha value is -2.53. The van der Waals surface area contributed by atoms with Crippen LogP contribution in [0.5, 0.6) is 5.75 Å². The van der Waals surface area contributed by atoms with Gasteiger partial charge in [0.05, 0.1) is 24.0 Å². The third kappa shape index (κ3) is 5.88. The first-order valence-corrected chi connectivity index (χ1v) is 11.8. The van der Waals surface area contributed by atoms with E-state index < -0.39 is 53.7 Å². The van der Waals surface area contributed by atoms with Gasteiger partial charge in [0.25, 0.3) is 0 Å². The monoisotopic (exact) mass is 519 g/mol. The molecule has 1 aliphatic heterocycles. The largest absolute Gasteiger partial charge is 0.490 e. The normalized spacial score (nSPS) is 26.2. The zero-order chi connectivity index (χ0) is 26.3. The Morgan fingerprint density at radius 1 is 1.00 bits per heavy atom. The zero-order valence-corrected chi connectivity index (χ0v) is 19.3. The van der Waals surface area contributed by atoms with Crippen LogP contribution in [0.25, 0.3) is 10.8 Å². The van der Waals surface area contributed by atoms with E-state index in [4.69, 9.17) is 4.74 Å². The minimum atomic E-state index is -4.74. The molecular weight excluding hydrogens is 492 g/mol. The number of fused-ring (bicyclic) bond motifs is 1. The summed E-state index contributed by atoms with van der Waals surface area (Å²) in [5, 5.41) is 19.4. The second kappa shape index (κ2) is 10.1. The molecule has 1 saturated heterocycles. The number of aliphatic carboxylic acids is 1. The van der Waals surface area contributed by atoms with Gasteiger partial charge in [-0.3, -0.25) is 9.69 Å². The van der Waals surface area contributed by atoms with Crippen LogP contribution in [-0.4, -0.2) is 52.6 Å². The molecule has 2 aromatic carbocycles. The Bertz CT molecular complexity index is 1090. The zero-order valence-electron chi connectivity index (χ0n) is 19.3. The van der Waals surface area contributed by atoms with Gasteiger partial charge in [-0.1, -0.05) is 18.2 Å². The van der Waals surface area contributed by atoms with Gasteiger partial charge in [-0.25, -0.2) is 0 Å². The number of hydrogen-bond acceptors (Lipinski definition) is 4. The number of nitrogens with zero attached hydrogens (tertiary/aromatic N) is 1. The highest BCUT2D eigenvalue weighted by Crippen LogP contribution is 2.44. The fourth-order valence-electron chi connectivity index (χ4n) is 5.19. The van der Waals surface area contributed by atoms with Crippen molar-refractivity contribution in [1.82, 2.24) is 4.90 Å². The molecule has 2 fully saturated rings. The molecule has 0 aromatic heterocycles. The summed E-state index contributed by atoms with van der Waals surface area (Å²) in [6.45, 7) is 0.903. The molecule has 5 nitrogen and oxygen atoms in total. The van der Waals surface area contributed by atoms with Gasteiger partial charge in [0.2, 0.25) is 0 Å². The SMILES string of the molecule is O=C(O)C1CN(Cc2ccc3c(C(F)(F)F)c(OC4CCC(C(F)(F)F)CC4)ccc3c2)CCC1O. The highest BCUT2D eigenvalue weighted by atomic mass is 19.4. The van der Waals surface area contributed by atoms with Crippen molar-refractivity contribution in [3.05, 3.63) is 41.5 Å². The maximum Gasteiger partial charge on any atom is 0.420 e. The van der Waals surface area contributed by atoms with Gasteiger partial charge in [-0.2, -0.15) is 26.3 Å². The molecule has 0 radical (unpaired) electrons. The first kappa shape index (κ1) is 26.5. The molecule has 1 aliphatic carbocycles. The van der Waals surface area contributed by atoms with Gasteiger partial charge in [0.15, 0.2) is 0 Å². The van der Waals surface area contributed by atoms with Crippen molar-refractivity contribution in [1.29, 1.82) is 0 Å². The lowest BCUT2D eigenvalue weighted by Crippen LogP contribution is -2.46. The molecule has 2 N–H and O–H groups in total. The quantitative estimate of drug-likeness (QED) is 0.502. The highest BCUT2D eigenvalue weighted by Gasteiger charge is 2.43. The lowest BCUT2D eigenvalue weighted by molar-refractivity contribution is -0.185. The molecule has 2 atom stereocenters. The van der Waals surface area contributed by atoms with Gasteiger partial charge >= 0.3 is 18.3 Å². The second-order valence-electron chi connectivity index (χ2n) is 9.66. The lowest BCUT2D eigenvalue weighted by Gasteiger charge is -2.34. The number of benzene rings is 2. The number of hydrogen-bond donors (Lipinski definition) is 2. The first-order valence-electron chi connectivity index (χ1n) is 11.8. The molecule has 36 heavy (non-hydrogen) atoms. The second-order valence-corrected chi connectivity index (χ2v) is 9.66. The number of ether oxygens (including phenoxy) is 1. The summed E-state index contributed by atoms with van der Waals surface area (Å²) in [5.74, 6) is -3.88. The third-order valence-corrected chi connectivity index (χ3v) is 7.14. The van der Waals surface area contributed by atoms with Gasteiger partial charge in [-0.15, -0.1) is 0 Å². The standard InChI is InChI=1S/C25H27F6NO4/c26-24(27,28)16-3-5-17(6-4-16)36-21-8-2-15-11-14(1-7-18(15)22(21)25(29,30)31)12-32-10-9-20(33)19(13-32)23(34)35/h1-2,7-8,11,16-17,19-20,33H,3-6,9-10,12-13H2,(H,34,35). The van der Waals surface area contributed by atoms with Crippen LogP contribution in [0.4, 0.5) is 26.3 Å². The van der Waals surface area contributed by atoms with Crippen molar-refractivity contribution in [3.8, 4) is 5.75 Å². The fourth-order valence-corrected chi connectivity index (χ4v) is 5.19. The number of carboxylic acids is 1. The van der Waals surface area contributed by atoms with Crippen LogP contribution in [-0.2, 0) is 17.5 Å². The van der Waals surface area contributed by atoms with Crippen molar-refractivity contribution in [2.45, 2.75) is 63.2 Å².